The Labute approximate surface area is 78.5 Å². The second-order valence-corrected chi connectivity index (χ2v) is 4.58. The molecular formula is C12H14O. The van der Waals surface area contributed by atoms with Crippen LogP contribution in [0.15, 0.2) is 23.3 Å². The average molecular weight is 174 g/mol. The van der Waals surface area contributed by atoms with E-state index in [-0.39, 0.29) is 0 Å². The fraction of sp³-hybridized carbons (Fsp3) is 0.583. The largest absolute Gasteiger partial charge is 0.295 e. The molecule has 2 atom stereocenters. The van der Waals surface area contributed by atoms with E-state index in [1.165, 1.54) is 29.6 Å². The smallest absolute Gasteiger partial charge is 0.159 e. The van der Waals surface area contributed by atoms with Gasteiger partial charge in [0.25, 0.3) is 0 Å². The Hall–Kier alpha value is -0.850. The number of carbonyl (C=O) groups excluding carboxylic acids is 1. The van der Waals surface area contributed by atoms with Crippen LogP contribution in [-0.2, 0) is 4.79 Å². The highest BCUT2D eigenvalue weighted by Gasteiger charge is 2.44. The van der Waals surface area contributed by atoms with Crippen molar-refractivity contribution in [2.45, 2.75) is 32.1 Å². The highest BCUT2D eigenvalue weighted by atomic mass is 16.1. The highest BCUT2D eigenvalue weighted by Crippen LogP contribution is 2.53. The average Bonchev–Trinajstić information content (AvgIpc) is 2.69. The first-order chi connectivity index (χ1) is 6.27. The van der Waals surface area contributed by atoms with Gasteiger partial charge in [-0.1, -0.05) is 17.7 Å². The molecule has 1 saturated carbocycles. The van der Waals surface area contributed by atoms with Crippen molar-refractivity contribution < 1.29 is 4.79 Å². The molecule has 0 saturated heterocycles. The summed E-state index contributed by atoms with van der Waals surface area (Å²) in [5, 5.41) is 0. The van der Waals surface area contributed by atoms with Crippen molar-refractivity contribution in [3.05, 3.63) is 23.3 Å². The van der Waals surface area contributed by atoms with Gasteiger partial charge < -0.3 is 0 Å². The first kappa shape index (κ1) is 7.54. The molecule has 0 amide bonds. The van der Waals surface area contributed by atoms with Crippen molar-refractivity contribution in [3.63, 3.8) is 0 Å². The summed E-state index contributed by atoms with van der Waals surface area (Å²) < 4.78 is 0. The molecule has 0 heterocycles. The van der Waals surface area contributed by atoms with Crippen LogP contribution in [0, 0.1) is 11.8 Å². The van der Waals surface area contributed by atoms with Crippen molar-refractivity contribution in [2.24, 2.45) is 11.8 Å². The van der Waals surface area contributed by atoms with E-state index in [1.807, 2.05) is 0 Å². The minimum absolute atomic E-state index is 0.422. The molecule has 0 spiro atoms. The summed E-state index contributed by atoms with van der Waals surface area (Å²) in [6.45, 7) is 4.11. The normalized spacial score (nSPS) is 37.2. The molecule has 0 aliphatic heterocycles. The fourth-order valence-corrected chi connectivity index (χ4v) is 3.34. The Morgan fingerprint density at radius 3 is 2.92 bits per heavy atom. The van der Waals surface area contributed by atoms with Gasteiger partial charge in [-0.3, -0.25) is 4.79 Å². The standard InChI is InChI=1S/C12H14O/c1-7-2-3-8-6-9-4-5-10(13)12(9)11(7)8/h8,11H,1-6H2/t8-,11-/m1/s1. The number of rotatable bonds is 0. The quantitative estimate of drug-likeness (QED) is 0.516. The molecule has 3 rings (SSSR count). The third kappa shape index (κ3) is 0.849. The number of Topliss-reactive ketones (excluding diaryl/α,β-unsaturated/α-hetero) is 1. The van der Waals surface area contributed by atoms with Crippen LogP contribution < -0.4 is 0 Å². The maximum atomic E-state index is 11.6. The molecule has 0 aromatic carbocycles. The van der Waals surface area contributed by atoms with Crippen LogP contribution in [-0.4, -0.2) is 5.78 Å². The maximum Gasteiger partial charge on any atom is 0.159 e. The Morgan fingerprint density at radius 1 is 1.23 bits per heavy atom. The molecule has 1 heteroatoms. The van der Waals surface area contributed by atoms with Crippen molar-refractivity contribution in [3.8, 4) is 0 Å². The van der Waals surface area contributed by atoms with E-state index >= 15 is 0 Å². The van der Waals surface area contributed by atoms with E-state index in [0.29, 0.717) is 11.7 Å². The van der Waals surface area contributed by atoms with E-state index in [2.05, 4.69) is 6.58 Å². The van der Waals surface area contributed by atoms with Gasteiger partial charge in [-0.05, 0) is 31.6 Å². The van der Waals surface area contributed by atoms with Crippen molar-refractivity contribution in [2.75, 3.05) is 0 Å². The minimum Gasteiger partial charge on any atom is -0.295 e. The summed E-state index contributed by atoms with van der Waals surface area (Å²) in [5.74, 6) is 1.65. The van der Waals surface area contributed by atoms with Gasteiger partial charge >= 0.3 is 0 Å². The molecule has 1 nitrogen and oxygen atoms in total. The molecule has 1 fully saturated rings. The van der Waals surface area contributed by atoms with Crippen LogP contribution in [0.2, 0.25) is 0 Å². The highest BCUT2D eigenvalue weighted by molar-refractivity contribution is 6.00. The molecule has 0 unspecified atom stereocenters. The SMILES string of the molecule is C=C1CC[C@@H]2CC3=C(C(=O)CC3)[C@H]12. The number of hydrogen-bond acceptors (Lipinski definition) is 1. The van der Waals surface area contributed by atoms with Crippen LogP contribution in [0.5, 0.6) is 0 Å². The Kier molecular flexibility index (Phi) is 1.36. The zero-order valence-corrected chi connectivity index (χ0v) is 7.81. The van der Waals surface area contributed by atoms with Gasteiger partial charge in [0, 0.05) is 17.9 Å². The van der Waals surface area contributed by atoms with Crippen molar-refractivity contribution >= 4 is 5.78 Å². The molecule has 3 aliphatic carbocycles. The second kappa shape index (κ2) is 2.34. The van der Waals surface area contributed by atoms with Crippen LogP contribution >= 0.6 is 0 Å². The summed E-state index contributed by atoms with van der Waals surface area (Å²) in [6, 6.07) is 0. The van der Waals surface area contributed by atoms with Crippen molar-refractivity contribution in [1.82, 2.24) is 0 Å². The van der Waals surface area contributed by atoms with Crippen LogP contribution in [0.25, 0.3) is 0 Å². The van der Waals surface area contributed by atoms with E-state index in [9.17, 15) is 4.79 Å². The molecule has 0 bridgehead atoms. The molecule has 0 aromatic heterocycles. The van der Waals surface area contributed by atoms with Gasteiger partial charge in [0.2, 0.25) is 0 Å². The predicted molar refractivity (Wildman–Crippen MR) is 51.2 cm³/mol. The van der Waals surface area contributed by atoms with Gasteiger partial charge in [0.1, 0.15) is 0 Å². The zero-order valence-electron chi connectivity index (χ0n) is 7.81. The van der Waals surface area contributed by atoms with Gasteiger partial charge in [0.05, 0.1) is 0 Å². The molecule has 0 aromatic rings. The van der Waals surface area contributed by atoms with Crippen LogP contribution in [0.3, 0.4) is 0 Å². The number of ketones is 1. The molecule has 0 radical (unpaired) electrons. The number of fused-ring (bicyclic) bond motifs is 2. The minimum atomic E-state index is 0.422. The molecule has 3 aliphatic rings. The monoisotopic (exact) mass is 174 g/mol. The lowest BCUT2D eigenvalue weighted by atomic mass is 9.90. The summed E-state index contributed by atoms with van der Waals surface area (Å²) in [4.78, 5) is 11.6. The fourth-order valence-electron chi connectivity index (χ4n) is 3.34. The number of allylic oxidation sites excluding steroid dienone is 3. The summed E-state index contributed by atoms with van der Waals surface area (Å²) in [7, 11) is 0. The maximum absolute atomic E-state index is 11.6. The first-order valence-corrected chi connectivity index (χ1v) is 5.20. The second-order valence-electron chi connectivity index (χ2n) is 4.58. The number of carbonyl (C=O) groups is 1. The van der Waals surface area contributed by atoms with E-state index < -0.39 is 0 Å². The van der Waals surface area contributed by atoms with Gasteiger partial charge in [-0.25, -0.2) is 0 Å². The third-order valence-electron chi connectivity index (χ3n) is 3.90. The van der Waals surface area contributed by atoms with E-state index in [4.69, 9.17) is 0 Å². The molecule has 13 heavy (non-hydrogen) atoms. The number of hydrogen-bond donors (Lipinski definition) is 0. The summed E-state index contributed by atoms with van der Waals surface area (Å²) >= 11 is 0. The Bertz CT molecular complexity index is 335. The predicted octanol–water partition coefficient (Wildman–Crippen LogP) is 2.63. The summed E-state index contributed by atoms with van der Waals surface area (Å²) in [6.07, 6.45) is 5.45. The van der Waals surface area contributed by atoms with E-state index in [0.717, 1.165) is 25.2 Å². The lowest BCUT2D eigenvalue weighted by Gasteiger charge is -2.13. The first-order valence-electron chi connectivity index (χ1n) is 5.20. The van der Waals surface area contributed by atoms with Crippen molar-refractivity contribution in [1.29, 1.82) is 0 Å². The van der Waals surface area contributed by atoms with Gasteiger partial charge in [-0.2, -0.15) is 0 Å². The Balaban J connectivity index is 2.05. The van der Waals surface area contributed by atoms with Crippen LogP contribution in [0.4, 0.5) is 0 Å². The zero-order chi connectivity index (χ0) is 9.00. The topological polar surface area (TPSA) is 17.1 Å². The molecular weight excluding hydrogens is 160 g/mol. The lowest BCUT2D eigenvalue weighted by Crippen LogP contribution is -2.11. The third-order valence-corrected chi connectivity index (χ3v) is 3.90. The lowest BCUT2D eigenvalue weighted by molar-refractivity contribution is -0.115. The van der Waals surface area contributed by atoms with E-state index in [1.54, 1.807) is 0 Å². The van der Waals surface area contributed by atoms with Gasteiger partial charge in [-0.15, -0.1) is 0 Å². The molecule has 68 valence electrons. The summed E-state index contributed by atoms with van der Waals surface area (Å²) in [5.41, 5.74) is 3.98. The van der Waals surface area contributed by atoms with Gasteiger partial charge in [0.15, 0.2) is 5.78 Å². The molecule has 0 N–H and O–H groups in total. The van der Waals surface area contributed by atoms with Crippen LogP contribution in [0.1, 0.15) is 32.1 Å². The Morgan fingerprint density at radius 2 is 2.08 bits per heavy atom.